The van der Waals surface area contributed by atoms with Gasteiger partial charge in [0, 0.05) is 0 Å². The van der Waals surface area contributed by atoms with Crippen LogP contribution in [0.15, 0.2) is 77.5 Å². The minimum atomic E-state index is -0.323. The summed E-state index contributed by atoms with van der Waals surface area (Å²) in [5.41, 5.74) is 3.33. The Morgan fingerprint density at radius 3 is 1.86 bits per heavy atom. The van der Waals surface area contributed by atoms with Crippen LogP contribution in [0, 0.1) is 11.3 Å². The topological polar surface area (TPSA) is 35.8 Å². The van der Waals surface area contributed by atoms with Gasteiger partial charge in [-0.05, 0) is 33.5 Å². The molecule has 0 aliphatic heterocycles. The van der Waals surface area contributed by atoms with Crippen molar-refractivity contribution in [2.75, 3.05) is 0 Å². The van der Waals surface area contributed by atoms with Crippen LogP contribution < -0.4 is 5.32 Å². The number of nitrogens with zero attached hydrogens (tertiary/aromatic N) is 1. The Morgan fingerprint density at radius 2 is 1.41 bits per heavy atom. The third-order valence-corrected chi connectivity index (χ3v) is 4.31. The summed E-state index contributed by atoms with van der Waals surface area (Å²) in [6, 6.07) is 24.5. The lowest BCUT2D eigenvalue weighted by atomic mass is 9.97. The number of thiophene rings is 1. The summed E-state index contributed by atoms with van der Waals surface area (Å²) in [6.45, 7) is 0. The smallest absolute Gasteiger partial charge is 0.122 e. The normalized spacial score (nSPS) is 12.0. The Bertz CT molecular complexity index is 691. The van der Waals surface area contributed by atoms with Gasteiger partial charge in [0.2, 0.25) is 0 Å². The molecule has 0 aliphatic carbocycles. The number of rotatable bonds is 5. The molecule has 0 radical (unpaired) electrons. The third kappa shape index (κ3) is 3.25. The molecule has 108 valence electrons. The zero-order chi connectivity index (χ0) is 15.2. The highest BCUT2D eigenvalue weighted by Crippen LogP contribution is 2.26. The highest BCUT2D eigenvalue weighted by atomic mass is 32.1. The molecular formula is C19H16N2S. The van der Waals surface area contributed by atoms with E-state index >= 15 is 0 Å². The number of nitrogens with one attached hydrogen (secondary N) is 1. The predicted octanol–water partition coefficient (Wildman–Crippen LogP) is 4.69. The molecule has 1 N–H and O–H groups in total. The van der Waals surface area contributed by atoms with Crippen LogP contribution in [0.25, 0.3) is 0 Å². The molecule has 3 heteroatoms. The van der Waals surface area contributed by atoms with E-state index in [0.29, 0.717) is 0 Å². The highest BCUT2D eigenvalue weighted by Gasteiger charge is 2.19. The van der Waals surface area contributed by atoms with Gasteiger partial charge in [-0.15, -0.1) is 0 Å². The molecule has 0 saturated carbocycles. The summed E-state index contributed by atoms with van der Waals surface area (Å²) in [5, 5.41) is 17.0. The molecule has 0 bridgehead atoms. The van der Waals surface area contributed by atoms with E-state index in [4.69, 9.17) is 0 Å². The maximum atomic E-state index is 9.53. The summed E-state index contributed by atoms with van der Waals surface area (Å²) in [6.07, 6.45) is 0. The Labute approximate surface area is 134 Å². The first-order chi connectivity index (χ1) is 10.9. The predicted molar refractivity (Wildman–Crippen MR) is 90.5 cm³/mol. The van der Waals surface area contributed by atoms with Crippen LogP contribution in [0.5, 0.6) is 0 Å². The van der Waals surface area contributed by atoms with Gasteiger partial charge < -0.3 is 0 Å². The van der Waals surface area contributed by atoms with Crippen molar-refractivity contribution in [1.82, 2.24) is 5.32 Å². The molecule has 0 amide bonds. The maximum absolute atomic E-state index is 9.53. The average Bonchev–Trinajstić information content (AvgIpc) is 3.12. The van der Waals surface area contributed by atoms with Crippen LogP contribution in [0.4, 0.5) is 0 Å². The van der Waals surface area contributed by atoms with E-state index in [9.17, 15) is 5.26 Å². The standard InChI is InChI=1S/C19H16N2S/c20-13-18(17-11-12-22-14-17)21-19(15-7-3-1-4-8-15)16-9-5-2-6-10-16/h1-12,14,18-19,21H. The molecule has 1 aromatic heterocycles. The van der Waals surface area contributed by atoms with Crippen molar-refractivity contribution in [2.45, 2.75) is 12.1 Å². The molecule has 1 unspecified atom stereocenters. The molecule has 2 aromatic carbocycles. The van der Waals surface area contributed by atoms with Crippen molar-refractivity contribution >= 4 is 11.3 Å². The summed E-state index contributed by atoms with van der Waals surface area (Å²) < 4.78 is 0. The Balaban J connectivity index is 1.94. The second kappa shape index (κ2) is 7.04. The maximum Gasteiger partial charge on any atom is 0.122 e. The highest BCUT2D eigenvalue weighted by molar-refractivity contribution is 7.08. The van der Waals surface area contributed by atoms with Crippen LogP contribution in [0.2, 0.25) is 0 Å². The van der Waals surface area contributed by atoms with Gasteiger partial charge in [-0.2, -0.15) is 16.6 Å². The summed E-state index contributed by atoms with van der Waals surface area (Å²) in [4.78, 5) is 0. The van der Waals surface area contributed by atoms with Crippen LogP contribution in [-0.4, -0.2) is 0 Å². The first-order valence-corrected chi connectivity index (χ1v) is 8.10. The van der Waals surface area contributed by atoms with E-state index in [1.54, 1.807) is 11.3 Å². The molecule has 0 fully saturated rings. The molecule has 0 spiro atoms. The van der Waals surface area contributed by atoms with Crippen molar-refractivity contribution in [3.63, 3.8) is 0 Å². The quantitative estimate of drug-likeness (QED) is 0.742. The Morgan fingerprint density at radius 1 is 0.818 bits per heavy atom. The molecule has 0 saturated heterocycles. The lowest BCUT2D eigenvalue weighted by Gasteiger charge is -2.22. The Kier molecular flexibility index (Phi) is 4.65. The zero-order valence-electron chi connectivity index (χ0n) is 12.0. The van der Waals surface area contributed by atoms with Gasteiger partial charge in [-0.3, -0.25) is 5.32 Å². The average molecular weight is 304 g/mol. The van der Waals surface area contributed by atoms with Crippen LogP contribution in [-0.2, 0) is 0 Å². The molecular weight excluding hydrogens is 288 g/mol. The largest absolute Gasteiger partial charge is 0.287 e. The molecule has 3 aromatic rings. The van der Waals surface area contributed by atoms with E-state index in [1.807, 2.05) is 53.2 Å². The SMILES string of the molecule is N#CC(NC(c1ccccc1)c1ccccc1)c1ccsc1. The van der Waals surface area contributed by atoms with Gasteiger partial charge in [0.05, 0.1) is 12.1 Å². The third-order valence-electron chi connectivity index (χ3n) is 3.60. The molecule has 1 atom stereocenters. The van der Waals surface area contributed by atoms with Crippen LogP contribution in [0.1, 0.15) is 28.8 Å². The van der Waals surface area contributed by atoms with Gasteiger partial charge in [0.15, 0.2) is 0 Å². The van der Waals surface area contributed by atoms with Crippen molar-refractivity contribution in [3.05, 3.63) is 94.2 Å². The minimum absolute atomic E-state index is 0.00745. The fourth-order valence-corrected chi connectivity index (χ4v) is 3.18. The minimum Gasteiger partial charge on any atom is -0.287 e. The van der Waals surface area contributed by atoms with E-state index in [2.05, 4.69) is 35.7 Å². The summed E-state index contributed by atoms with van der Waals surface area (Å²) >= 11 is 1.61. The Hall–Kier alpha value is -2.41. The van der Waals surface area contributed by atoms with Gasteiger partial charge in [0.1, 0.15) is 6.04 Å². The molecule has 3 rings (SSSR count). The van der Waals surface area contributed by atoms with Crippen LogP contribution >= 0.6 is 11.3 Å². The molecule has 2 nitrogen and oxygen atoms in total. The lowest BCUT2D eigenvalue weighted by Crippen LogP contribution is -2.26. The first-order valence-electron chi connectivity index (χ1n) is 7.16. The van der Waals surface area contributed by atoms with Gasteiger partial charge in [-0.25, -0.2) is 0 Å². The van der Waals surface area contributed by atoms with E-state index < -0.39 is 0 Å². The van der Waals surface area contributed by atoms with Gasteiger partial charge in [0.25, 0.3) is 0 Å². The van der Waals surface area contributed by atoms with Crippen molar-refractivity contribution in [2.24, 2.45) is 0 Å². The number of hydrogen-bond acceptors (Lipinski definition) is 3. The number of benzene rings is 2. The summed E-state index contributed by atoms with van der Waals surface area (Å²) in [5.74, 6) is 0. The van der Waals surface area contributed by atoms with Crippen molar-refractivity contribution in [1.29, 1.82) is 5.26 Å². The van der Waals surface area contributed by atoms with Gasteiger partial charge >= 0.3 is 0 Å². The second-order valence-corrected chi connectivity index (χ2v) is 5.82. The van der Waals surface area contributed by atoms with Crippen molar-refractivity contribution in [3.8, 4) is 6.07 Å². The fraction of sp³-hybridized carbons (Fsp3) is 0.105. The molecule has 22 heavy (non-hydrogen) atoms. The van der Waals surface area contributed by atoms with Crippen LogP contribution in [0.3, 0.4) is 0 Å². The van der Waals surface area contributed by atoms with Crippen molar-refractivity contribution < 1.29 is 0 Å². The monoisotopic (exact) mass is 304 g/mol. The lowest BCUT2D eigenvalue weighted by molar-refractivity contribution is 0.560. The zero-order valence-corrected chi connectivity index (χ0v) is 12.8. The number of nitriles is 1. The number of hydrogen-bond donors (Lipinski definition) is 1. The van der Waals surface area contributed by atoms with Gasteiger partial charge in [-0.1, -0.05) is 60.7 Å². The first kappa shape index (κ1) is 14.5. The second-order valence-electron chi connectivity index (χ2n) is 5.04. The molecule has 0 aliphatic rings. The molecule has 1 heterocycles. The fourth-order valence-electron chi connectivity index (χ4n) is 2.49. The summed E-state index contributed by atoms with van der Waals surface area (Å²) in [7, 11) is 0. The van der Waals surface area contributed by atoms with E-state index in [0.717, 1.165) is 16.7 Å². The van der Waals surface area contributed by atoms with E-state index in [1.165, 1.54) is 0 Å². The van der Waals surface area contributed by atoms with E-state index in [-0.39, 0.29) is 12.1 Å².